The number of esters is 2. The molecule has 0 saturated heterocycles. The number of rotatable bonds is 16. The van der Waals surface area contributed by atoms with Crippen molar-refractivity contribution in [2.45, 2.75) is 91.1 Å². The van der Waals surface area contributed by atoms with Crippen LogP contribution in [-0.2, 0) is 25.7 Å². The van der Waals surface area contributed by atoms with Crippen LogP contribution < -0.4 is 0 Å². The van der Waals surface area contributed by atoms with Crippen molar-refractivity contribution in [1.29, 1.82) is 0 Å². The predicted octanol–water partition coefficient (Wildman–Crippen LogP) is 5.80. The van der Waals surface area contributed by atoms with E-state index >= 15 is 0 Å². The van der Waals surface area contributed by atoms with E-state index in [1.807, 2.05) is 0 Å². The van der Waals surface area contributed by atoms with Gasteiger partial charge in [0, 0.05) is 18.4 Å². The first kappa shape index (κ1) is 25.6. The highest BCUT2D eigenvalue weighted by Crippen LogP contribution is 2.23. The second kappa shape index (κ2) is 15.4. The first-order chi connectivity index (χ1) is 14.5. The molecule has 0 fully saturated rings. The molecule has 0 atom stereocenters. The summed E-state index contributed by atoms with van der Waals surface area (Å²) in [6, 6.07) is 4.90. The minimum absolute atomic E-state index is 0.0326. The van der Waals surface area contributed by atoms with Gasteiger partial charge >= 0.3 is 11.9 Å². The van der Waals surface area contributed by atoms with E-state index in [9.17, 15) is 19.7 Å². The molecule has 1 aromatic carbocycles. The molecule has 0 bridgehead atoms. The number of carbonyl (C=O) groups excluding carboxylic acids is 2. The minimum Gasteiger partial charge on any atom is -0.466 e. The van der Waals surface area contributed by atoms with Crippen LogP contribution in [0.3, 0.4) is 0 Å². The fraction of sp³-hybridized carbons (Fsp3) is 0.652. The van der Waals surface area contributed by atoms with Crippen LogP contribution >= 0.6 is 0 Å². The molecule has 0 aromatic heterocycles. The lowest BCUT2D eigenvalue weighted by Crippen LogP contribution is -2.09. The molecule has 168 valence electrons. The van der Waals surface area contributed by atoms with Gasteiger partial charge in [0.1, 0.15) is 6.61 Å². The number of nitro groups is 1. The SMILES string of the molecule is CCCCCCCCCCOC(=O)CCCC(=O)OCc1cccc(C)c1[N+](=O)[O-]. The van der Waals surface area contributed by atoms with Crippen molar-refractivity contribution in [1.82, 2.24) is 0 Å². The smallest absolute Gasteiger partial charge is 0.306 e. The van der Waals surface area contributed by atoms with Gasteiger partial charge in [-0.2, -0.15) is 0 Å². The van der Waals surface area contributed by atoms with Crippen LogP contribution in [0.2, 0.25) is 0 Å². The molecule has 0 N–H and O–H groups in total. The third kappa shape index (κ3) is 10.9. The summed E-state index contributed by atoms with van der Waals surface area (Å²) < 4.78 is 10.3. The van der Waals surface area contributed by atoms with Gasteiger partial charge in [-0.3, -0.25) is 19.7 Å². The molecular weight excluding hydrogens is 386 g/mol. The van der Waals surface area contributed by atoms with Crippen LogP contribution in [0.4, 0.5) is 5.69 Å². The Labute approximate surface area is 179 Å². The number of unbranched alkanes of at least 4 members (excludes halogenated alkanes) is 7. The highest BCUT2D eigenvalue weighted by atomic mass is 16.6. The van der Waals surface area contributed by atoms with Crippen molar-refractivity contribution < 1.29 is 24.0 Å². The molecule has 0 radical (unpaired) electrons. The van der Waals surface area contributed by atoms with Crippen molar-refractivity contribution >= 4 is 17.6 Å². The average molecular weight is 422 g/mol. The van der Waals surface area contributed by atoms with E-state index in [0.29, 0.717) is 24.2 Å². The summed E-state index contributed by atoms with van der Waals surface area (Å²) in [4.78, 5) is 34.2. The van der Waals surface area contributed by atoms with Crippen LogP contribution in [-0.4, -0.2) is 23.5 Å². The Kier molecular flexibility index (Phi) is 13.1. The number of ether oxygens (including phenoxy) is 2. The van der Waals surface area contributed by atoms with Crippen molar-refractivity contribution in [3.05, 3.63) is 39.4 Å². The maximum atomic E-state index is 11.8. The lowest BCUT2D eigenvalue weighted by atomic mass is 10.1. The van der Waals surface area contributed by atoms with Crippen molar-refractivity contribution in [3.8, 4) is 0 Å². The molecule has 0 heterocycles. The number of para-hydroxylation sites is 1. The zero-order valence-corrected chi connectivity index (χ0v) is 18.3. The van der Waals surface area contributed by atoms with Gasteiger partial charge < -0.3 is 9.47 Å². The Balaban J connectivity index is 2.11. The lowest BCUT2D eigenvalue weighted by molar-refractivity contribution is -0.386. The monoisotopic (exact) mass is 421 g/mol. The fourth-order valence-electron chi connectivity index (χ4n) is 3.20. The largest absolute Gasteiger partial charge is 0.466 e. The summed E-state index contributed by atoms with van der Waals surface area (Å²) in [5.41, 5.74) is 0.848. The molecule has 0 aliphatic rings. The third-order valence-electron chi connectivity index (χ3n) is 4.92. The summed E-state index contributed by atoms with van der Waals surface area (Å²) >= 11 is 0. The van der Waals surface area contributed by atoms with Crippen LogP contribution in [0.5, 0.6) is 0 Å². The first-order valence-electron chi connectivity index (χ1n) is 11.0. The van der Waals surface area contributed by atoms with Crippen molar-refractivity contribution in [2.75, 3.05) is 6.61 Å². The summed E-state index contributed by atoms with van der Waals surface area (Å²) in [6.45, 7) is 4.12. The first-order valence-corrected chi connectivity index (χ1v) is 11.0. The van der Waals surface area contributed by atoms with Gasteiger partial charge in [0.25, 0.3) is 5.69 Å². The maximum absolute atomic E-state index is 11.8. The minimum atomic E-state index is -0.485. The predicted molar refractivity (Wildman–Crippen MR) is 115 cm³/mol. The quantitative estimate of drug-likeness (QED) is 0.145. The van der Waals surface area contributed by atoms with E-state index in [2.05, 4.69) is 6.92 Å². The highest BCUT2D eigenvalue weighted by molar-refractivity contribution is 5.72. The highest BCUT2D eigenvalue weighted by Gasteiger charge is 2.18. The second-order valence-corrected chi connectivity index (χ2v) is 7.55. The molecule has 1 rings (SSSR count). The van der Waals surface area contributed by atoms with E-state index in [4.69, 9.17) is 9.47 Å². The van der Waals surface area contributed by atoms with Gasteiger partial charge in [0.15, 0.2) is 0 Å². The van der Waals surface area contributed by atoms with Crippen molar-refractivity contribution in [3.63, 3.8) is 0 Å². The Bertz CT molecular complexity index is 674. The van der Waals surface area contributed by atoms with Gasteiger partial charge in [-0.1, -0.05) is 64.0 Å². The zero-order valence-electron chi connectivity index (χ0n) is 18.3. The number of benzene rings is 1. The van der Waals surface area contributed by atoms with E-state index < -0.39 is 10.9 Å². The molecule has 30 heavy (non-hydrogen) atoms. The topological polar surface area (TPSA) is 95.7 Å². The second-order valence-electron chi connectivity index (χ2n) is 7.55. The van der Waals surface area contributed by atoms with Crippen LogP contribution in [0.15, 0.2) is 18.2 Å². The Morgan fingerprint density at radius 3 is 2.13 bits per heavy atom. The maximum Gasteiger partial charge on any atom is 0.306 e. The standard InChI is InChI=1S/C23H35NO6/c1-3-4-5-6-7-8-9-10-17-29-21(25)15-12-16-22(26)30-18-20-14-11-13-19(2)23(20)24(27)28/h11,13-14H,3-10,12,15-18H2,1-2H3. The fourth-order valence-corrected chi connectivity index (χ4v) is 3.20. The number of hydrogen-bond acceptors (Lipinski definition) is 6. The van der Waals surface area contributed by atoms with Gasteiger partial charge in [-0.15, -0.1) is 0 Å². The zero-order chi connectivity index (χ0) is 22.2. The molecule has 0 aliphatic heterocycles. The molecular formula is C23H35NO6. The number of nitro benzene ring substituents is 1. The van der Waals surface area contributed by atoms with Gasteiger partial charge in [-0.25, -0.2) is 0 Å². The van der Waals surface area contributed by atoms with Gasteiger partial charge in [0.05, 0.1) is 17.1 Å². The molecule has 1 aromatic rings. The molecule has 7 nitrogen and oxygen atoms in total. The van der Waals surface area contributed by atoms with Crippen LogP contribution in [0.25, 0.3) is 0 Å². The molecule has 0 unspecified atom stereocenters. The Morgan fingerprint density at radius 2 is 1.50 bits per heavy atom. The Hall–Kier alpha value is -2.44. The average Bonchev–Trinajstić information content (AvgIpc) is 2.70. The summed E-state index contributed by atoms with van der Waals surface area (Å²) in [6.07, 6.45) is 10.1. The van der Waals surface area contributed by atoms with E-state index in [1.165, 1.54) is 38.5 Å². The van der Waals surface area contributed by atoms with Crippen LogP contribution in [0.1, 0.15) is 88.7 Å². The number of aryl methyl sites for hydroxylation is 1. The molecule has 0 amide bonds. The van der Waals surface area contributed by atoms with Gasteiger partial charge in [-0.05, 0) is 25.8 Å². The molecule has 7 heteroatoms. The van der Waals surface area contributed by atoms with E-state index in [1.54, 1.807) is 25.1 Å². The number of hydrogen-bond donors (Lipinski definition) is 0. The van der Waals surface area contributed by atoms with Gasteiger partial charge in [0.2, 0.25) is 0 Å². The molecule has 0 saturated carbocycles. The molecule has 0 aliphatic carbocycles. The molecule has 0 spiro atoms. The summed E-state index contributed by atoms with van der Waals surface area (Å²) in [7, 11) is 0. The van der Waals surface area contributed by atoms with E-state index in [-0.39, 0.29) is 31.1 Å². The van der Waals surface area contributed by atoms with E-state index in [0.717, 1.165) is 12.8 Å². The normalized spacial score (nSPS) is 10.6. The lowest BCUT2D eigenvalue weighted by Gasteiger charge is -2.07. The van der Waals surface area contributed by atoms with Crippen molar-refractivity contribution in [2.24, 2.45) is 0 Å². The summed E-state index contributed by atoms with van der Waals surface area (Å²) in [5.74, 6) is -0.790. The number of nitrogens with zero attached hydrogens (tertiary/aromatic N) is 1. The number of carbonyl (C=O) groups is 2. The third-order valence-corrected chi connectivity index (χ3v) is 4.92. The van der Waals surface area contributed by atoms with Crippen LogP contribution in [0, 0.1) is 17.0 Å². The summed E-state index contributed by atoms with van der Waals surface area (Å²) in [5, 5.41) is 11.1. The Morgan fingerprint density at radius 1 is 0.900 bits per heavy atom.